The number of benzene rings is 1. The minimum absolute atomic E-state index is 0.524. The Morgan fingerprint density at radius 1 is 1.47 bits per heavy atom. The summed E-state index contributed by atoms with van der Waals surface area (Å²) in [6.07, 6.45) is 7.33. The van der Waals surface area contributed by atoms with Crippen LogP contribution in [0.25, 0.3) is 0 Å². The molecule has 15 heavy (non-hydrogen) atoms. The average molecular weight is 202 g/mol. The number of aryl methyl sites for hydroxylation is 1. The fourth-order valence-electron chi connectivity index (χ4n) is 2.01. The van der Waals surface area contributed by atoms with Crippen LogP contribution in [-0.4, -0.2) is 17.8 Å². The van der Waals surface area contributed by atoms with Crippen LogP contribution in [0, 0.1) is 12.3 Å². The van der Waals surface area contributed by atoms with E-state index in [2.05, 4.69) is 5.92 Å². The standard InChI is InChI=1S/C13H14O2/c1-3-13(14)7-6-10-4-5-12(15-2)8-11(10)9-13/h1,4-5,8,14H,6-7,9H2,2H3. The molecule has 0 spiro atoms. The number of terminal acetylenes is 1. The van der Waals surface area contributed by atoms with Gasteiger partial charge < -0.3 is 9.84 Å². The number of ether oxygens (including phenoxy) is 1. The minimum Gasteiger partial charge on any atom is -0.497 e. The van der Waals surface area contributed by atoms with Gasteiger partial charge in [0.25, 0.3) is 0 Å². The molecule has 1 aliphatic carbocycles. The van der Waals surface area contributed by atoms with E-state index in [1.807, 2.05) is 18.2 Å². The van der Waals surface area contributed by atoms with E-state index in [0.29, 0.717) is 12.8 Å². The molecule has 2 rings (SSSR count). The van der Waals surface area contributed by atoms with Crippen molar-refractivity contribution in [3.05, 3.63) is 29.3 Å². The number of fused-ring (bicyclic) bond motifs is 1. The monoisotopic (exact) mass is 202 g/mol. The predicted octanol–water partition coefficient (Wildman–Crippen LogP) is 1.55. The zero-order valence-corrected chi connectivity index (χ0v) is 8.79. The van der Waals surface area contributed by atoms with Gasteiger partial charge in [-0.3, -0.25) is 0 Å². The van der Waals surface area contributed by atoms with Crippen LogP contribution in [0.3, 0.4) is 0 Å². The molecule has 1 unspecified atom stereocenters. The SMILES string of the molecule is C#CC1(O)CCc2ccc(OC)cc2C1. The normalized spacial score (nSPS) is 24.1. The zero-order valence-electron chi connectivity index (χ0n) is 8.79. The van der Waals surface area contributed by atoms with E-state index in [9.17, 15) is 5.11 Å². The van der Waals surface area contributed by atoms with Gasteiger partial charge in [0.1, 0.15) is 11.4 Å². The quantitative estimate of drug-likeness (QED) is 0.700. The summed E-state index contributed by atoms with van der Waals surface area (Å²) in [7, 11) is 1.64. The van der Waals surface area contributed by atoms with Gasteiger partial charge in [-0.15, -0.1) is 6.42 Å². The van der Waals surface area contributed by atoms with Crippen LogP contribution in [0.5, 0.6) is 5.75 Å². The second-order valence-corrected chi connectivity index (χ2v) is 3.99. The smallest absolute Gasteiger partial charge is 0.129 e. The number of aliphatic hydroxyl groups is 1. The van der Waals surface area contributed by atoms with Crippen molar-refractivity contribution in [1.29, 1.82) is 0 Å². The summed E-state index contributed by atoms with van der Waals surface area (Å²) in [6.45, 7) is 0. The first-order chi connectivity index (χ1) is 7.17. The predicted molar refractivity (Wildman–Crippen MR) is 58.8 cm³/mol. The molecule has 0 saturated carbocycles. The van der Waals surface area contributed by atoms with E-state index in [-0.39, 0.29) is 0 Å². The lowest BCUT2D eigenvalue weighted by atomic mass is 9.81. The molecule has 0 aliphatic heterocycles. The lowest BCUT2D eigenvalue weighted by Gasteiger charge is -2.29. The second-order valence-electron chi connectivity index (χ2n) is 3.99. The van der Waals surface area contributed by atoms with Crippen molar-refractivity contribution in [1.82, 2.24) is 0 Å². The number of hydrogen-bond donors (Lipinski definition) is 1. The van der Waals surface area contributed by atoms with Crippen LogP contribution in [0.4, 0.5) is 0 Å². The maximum atomic E-state index is 10.0. The highest BCUT2D eigenvalue weighted by Gasteiger charge is 2.29. The lowest BCUT2D eigenvalue weighted by molar-refractivity contribution is 0.0864. The number of rotatable bonds is 1. The summed E-state index contributed by atoms with van der Waals surface area (Å²) in [6, 6.07) is 5.94. The van der Waals surface area contributed by atoms with Gasteiger partial charge in [0.15, 0.2) is 0 Å². The van der Waals surface area contributed by atoms with Crippen LogP contribution in [0.1, 0.15) is 17.5 Å². The molecule has 0 radical (unpaired) electrons. The molecule has 0 heterocycles. The van der Waals surface area contributed by atoms with Gasteiger partial charge >= 0.3 is 0 Å². The molecule has 2 heteroatoms. The third kappa shape index (κ3) is 1.84. The fraction of sp³-hybridized carbons (Fsp3) is 0.385. The Balaban J connectivity index is 2.36. The number of hydrogen-bond acceptors (Lipinski definition) is 2. The Labute approximate surface area is 89.9 Å². The van der Waals surface area contributed by atoms with Crippen LogP contribution < -0.4 is 4.74 Å². The third-order valence-corrected chi connectivity index (χ3v) is 2.97. The molecule has 78 valence electrons. The van der Waals surface area contributed by atoms with E-state index in [1.54, 1.807) is 7.11 Å². The molecule has 0 amide bonds. The zero-order chi connectivity index (χ0) is 10.9. The third-order valence-electron chi connectivity index (χ3n) is 2.97. The second kappa shape index (κ2) is 3.60. The highest BCUT2D eigenvalue weighted by Crippen LogP contribution is 2.30. The topological polar surface area (TPSA) is 29.5 Å². The van der Waals surface area contributed by atoms with Crippen molar-refractivity contribution >= 4 is 0 Å². The maximum Gasteiger partial charge on any atom is 0.129 e. The van der Waals surface area contributed by atoms with E-state index >= 15 is 0 Å². The Hall–Kier alpha value is -1.46. The Kier molecular flexibility index (Phi) is 2.42. The van der Waals surface area contributed by atoms with E-state index in [0.717, 1.165) is 17.7 Å². The molecule has 2 nitrogen and oxygen atoms in total. The first-order valence-corrected chi connectivity index (χ1v) is 5.03. The highest BCUT2D eigenvalue weighted by atomic mass is 16.5. The van der Waals surface area contributed by atoms with Crippen molar-refractivity contribution in [2.45, 2.75) is 24.9 Å². The highest BCUT2D eigenvalue weighted by molar-refractivity contribution is 5.40. The van der Waals surface area contributed by atoms with E-state index in [1.165, 1.54) is 5.56 Å². The van der Waals surface area contributed by atoms with Gasteiger partial charge in [-0.2, -0.15) is 0 Å². The minimum atomic E-state index is -0.973. The first-order valence-electron chi connectivity index (χ1n) is 5.03. The molecular weight excluding hydrogens is 188 g/mol. The fourth-order valence-corrected chi connectivity index (χ4v) is 2.01. The Bertz CT molecular complexity index is 417. The van der Waals surface area contributed by atoms with Crippen LogP contribution >= 0.6 is 0 Å². The van der Waals surface area contributed by atoms with Gasteiger partial charge in [0.05, 0.1) is 7.11 Å². The molecule has 1 aliphatic rings. The van der Waals surface area contributed by atoms with Crippen molar-refractivity contribution in [3.8, 4) is 18.1 Å². The molecule has 1 atom stereocenters. The van der Waals surface area contributed by atoms with Gasteiger partial charge in [-0.25, -0.2) is 0 Å². The van der Waals surface area contributed by atoms with Crippen molar-refractivity contribution in [2.75, 3.05) is 7.11 Å². The molecule has 0 saturated heterocycles. The summed E-state index contributed by atoms with van der Waals surface area (Å²) in [4.78, 5) is 0. The Morgan fingerprint density at radius 3 is 2.93 bits per heavy atom. The molecule has 1 aromatic rings. The maximum absolute atomic E-state index is 10.0. The molecule has 0 bridgehead atoms. The molecular formula is C13H14O2. The first kappa shape index (κ1) is 10.1. The van der Waals surface area contributed by atoms with Gasteiger partial charge in [0.2, 0.25) is 0 Å². The summed E-state index contributed by atoms with van der Waals surface area (Å²) in [5, 5.41) is 10.0. The van der Waals surface area contributed by atoms with E-state index in [4.69, 9.17) is 11.2 Å². The molecule has 0 aromatic heterocycles. The van der Waals surface area contributed by atoms with Crippen molar-refractivity contribution in [2.24, 2.45) is 0 Å². The molecule has 1 N–H and O–H groups in total. The number of methoxy groups -OCH3 is 1. The average Bonchev–Trinajstić information content (AvgIpc) is 2.28. The lowest BCUT2D eigenvalue weighted by Crippen LogP contribution is -2.33. The van der Waals surface area contributed by atoms with Crippen molar-refractivity contribution in [3.63, 3.8) is 0 Å². The van der Waals surface area contributed by atoms with Gasteiger partial charge in [0, 0.05) is 6.42 Å². The van der Waals surface area contributed by atoms with Gasteiger partial charge in [-0.1, -0.05) is 12.0 Å². The summed E-state index contributed by atoms with van der Waals surface area (Å²) >= 11 is 0. The van der Waals surface area contributed by atoms with Crippen LogP contribution in [0.15, 0.2) is 18.2 Å². The largest absolute Gasteiger partial charge is 0.497 e. The van der Waals surface area contributed by atoms with Gasteiger partial charge in [-0.05, 0) is 36.1 Å². The summed E-state index contributed by atoms with van der Waals surface area (Å²) < 4.78 is 5.15. The van der Waals surface area contributed by atoms with Crippen molar-refractivity contribution < 1.29 is 9.84 Å². The molecule has 1 aromatic carbocycles. The summed E-state index contributed by atoms with van der Waals surface area (Å²) in [5.41, 5.74) is 1.39. The van der Waals surface area contributed by atoms with Crippen LogP contribution in [-0.2, 0) is 12.8 Å². The van der Waals surface area contributed by atoms with E-state index < -0.39 is 5.60 Å². The Morgan fingerprint density at radius 2 is 2.27 bits per heavy atom. The van der Waals surface area contributed by atoms with Crippen LogP contribution in [0.2, 0.25) is 0 Å². The molecule has 0 fully saturated rings. The summed E-state index contributed by atoms with van der Waals surface area (Å²) in [5.74, 6) is 3.29.